The molecule has 1 saturated heterocycles. The largest absolute Gasteiger partial charge is 0.348 e. The van der Waals surface area contributed by atoms with Gasteiger partial charge in [0.05, 0.1) is 12.5 Å². The number of hydrogen-bond donors (Lipinski definition) is 0. The Morgan fingerprint density at radius 3 is 2.48 bits per heavy atom. The topological polar surface area (TPSA) is 28.7 Å². The summed E-state index contributed by atoms with van der Waals surface area (Å²) in [5.41, 5.74) is 3.58. The summed E-state index contributed by atoms with van der Waals surface area (Å²) in [6.45, 7) is 0. The van der Waals surface area contributed by atoms with Gasteiger partial charge in [0.15, 0.2) is 0 Å². The number of nitrogens with zero attached hydrogens (tertiary/aromatic N) is 2. The normalized spacial score (nSPS) is 16.8. The van der Waals surface area contributed by atoms with Crippen LogP contribution in [0.1, 0.15) is 17.0 Å². The smallest absolute Gasteiger partial charge is 0.126 e. The molecule has 0 N–H and O–H groups in total. The third-order valence-corrected chi connectivity index (χ3v) is 7.48. The minimum Gasteiger partial charge on any atom is -0.348 e. The summed E-state index contributed by atoms with van der Waals surface area (Å²) in [5.74, 6) is 2.26. The Hall–Kier alpha value is -1.02. The molecule has 0 spiro atoms. The summed E-state index contributed by atoms with van der Waals surface area (Å²) in [6, 6.07) is 14.6. The van der Waals surface area contributed by atoms with E-state index in [0.717, 1.165) is 22.2 Å². The van der Waals surface area contributed by atoms with Crippen LogP contribution in [0, 0.1) is 11.3 Å². The number of benzene rings is 1. The first-order valence-corrected chi connectivity index (χ1v) is 9.08. The molecule has 0 radical (unpaired) electrons. The zero-order chi connectivity index (χ0) is 14.9. The van der Waals surface area contributed by atoms with E-state index >= 15 is 0 Å². The Kier molecular flexibility index (Phi) is 4.26. The Balaban J connectivity index is 2.10. The maximum atomic E-state index is 8.94. The molecule has 108 valence electrons. The molecule has 0 atom stereocenters. The summed E-state index contributed by atoms with van der Waals surface area (Å²) in [7, 11) is 2.05. The van der Waals surface area contributed by atoms with Gasteiger partial charge in [-0.25, -0.2) is 0 Å². The van der Waals surface area contributed by atoms with Crippen molar-refractivity contribution in [3.8, 4) is 6.07 Å². The molecule has 0 amide bonds. The highest BCUT2D eigenvalue weighted by Crippen LogP contribution is 2.56. The first-order valence-electron chi connectivity index (χ1n) is 6.73. The van der Waals surface area contributed by atoms with Crippen LogP contribution in [0.4, 0.5) is 0 Å². The quantitative estimate of drug-likeness (QED) is 0.831. The Morgan fingerprint density at radius 2 is 1.86 bits per heavy atom. The highest BCUT2D eigenvalue weighted by atomic mass is 35.5. The van der Waals surface area contributed by atoms with Crippen molar-refractivity contribution in [1.29, 1.82) is 5.26 Å². The molecule has 1 aliphatic heterocycles. The molecule has 0 aliphatic carbocycles. The lowest BCUT2D eigenvalue weighted by molar-refractivity contribution is 0.784. The molecular formula is C16H15ClN2S2. The highest BCUT2D eigenvalue weighted by Gasteiger charge is 2.41. The summed E-state index contributed by atoms with van der Waals surface area (Å²) in [5, 5.41) is 9.71. The monoisotopic (exact) mass is 334 g/mol. The molecule has 0 unspecified atom stereocenters. The molecule has 2 aromatic rings. The van der Waals surface area contributed by atoms with E-state index < -0.39 is 0 Å². The number of rotatable bonds is 3. The van der Waals surface area contributed by atoms with Crippen molar-refractivity contribution in [2.75, 3.05) is 11.5 Å². The van der Waals surface area contributed by atoms with Gasteiger partial charge in [-0.2, -0.15) is 5.26 Å². The summed E-state index contributed by atoms with van der Waals surface area (Å²) < 4.78 is 2.08. The molecule has 5 heteroatoms. The minimum atomic E-state index is -0.0902. The fourth-order valence-electron chi connectivity index (χ4n) is 2.69. The molecule has 1 aromatic carbocycles. The van der Waals surface area contributed by atoms with E-state index in [1.54, 1.807) is 0 Å². The minimum absolute atomic E-state index is 0.0902. The van der Waals surface area contributed by atoms with Gasteiger partial charge in [-0.05, 0) is 29.8 Å². The lowest BCUT2D eigenvalue weighted by atomic mass is 10.1. The van der Waals surface area contributed by atoms with Crippen molar-refractivity contribution >= 4 is 35.1 Å². The van der Waals surface area contributed by atoms with E-state index in [1.165, 1.54) is 11.3 Å². The van der Waals surface area contributed by atoms with Crippen molar-refractivity contribution in [1.82, 2.24) is 4.57 Å². The first-order chi connectivity index (χ1) is 10.2. The van der Waals surface area contributed by atoms with Gasteiger partial charge < -0.3 is 4.57 Å². The molecule has 1 aromatic heterocycles. The predicted molar refractivity (Wildman–Crippen MR) is 91.9 cm³/mol. The number of thioether (sulfide) groups is 2. The van der Waals surface area contributed by atoms with Gasteiger partial charge in [0, 0.05) is 35.0 Å². The van der Waals surface area contributed by atoms with Crippen molar-refractivity contribution in [2.45, 2.75) is 10.5 Å². The Labute approximate surface area is 138 Å². The first kappa shape index (κ1) is 14.9. The molecule has 1 aliphatic rings. The molecule has 21 heavy (non-hydrogen) atoms. The number of aromatic nitrogens is 1. The second-order valence-corrected chi connectivity index (χ2v) is 8.24. The summed E-state index contributed by atoms with van der Waals surface area (Å²) >= 11 is 9.96. The van der Waals surface area contributed by atoms with Crippen molar-refractivity contribution in [3.63, 3.8) is 0 Å². The molecular weight excluding hydrogens is 320 g/mol. The predicted octanol–water partition coefficient (Wildman–Crippen LogP) is 4.43. The molecule has 2 heterocycles. The SMILES string of the molecule is Cn1c(CC#N)ccc1C1(c2ccc(Cl)cc2)SCCS1. The second kappa shape index (κ2) is 6.00. The zero-order valence-corrected chi connectivity index (χ0v) is 14.1. The van der Waals surface area contributed by atoms with Crippen molar-refractivity contribution < 1.29 is 0 Å². The fourth-order valence-corrected chi connectivity index (χ4v) is 6.20. The number of nitriles is 1. The van der Waals surface area contributed by atoms with Crippen LogP contribution in [0.15, 0.2) is 36.4 Å². The fraction of sp³-hybridized carbons (Fsp3) is 0.312. The van der Waals surface area contributed by atoms with Gasteiger partial charge in [0.1, 0.15) is 4.08 Å². The highest BCUT2D eigenvalue weighted by molar-refractivity contribution is 8.20. The molecule has 1 fully saturated rings. The van der Waals surface area contributed by atoms with Gasteiger partial charge in [0.2, 0.25) is 0 Å². The van der Waals surface area contributed by atoms with E-state index in [0.29, 0.717) is 6.42 Å². The average Bonchev–Trinajstić information content (AvgIpc) is 3.09. The third-order valence-electron chi connectivity index (χ3n) is 3.74. The molecule has 2 nitrogen and oxygen atoms in total. The van der Waals surface area contributed by atoms with Crippen LogP contribution >= 0.6 is 35.1 Å². The third kappa shape index (κ3) is 2.59. The van der Waals surface area contributed by atoms with E-state index in [2.05, 4.69) is 41.9 Å². The van der Waals surface area contributed by atoms with E-state index in [1.807, 2.05) is 35.7 Å². The standard InChI is InChI=1S/C16H15ClN2S2/c1-19-14(8-9-18)6-7-15(19)16(20-10-11-21-16)12-2-4-13(17)5-3-12/h2-7H,8,10-11H2,1H3. The zero-order valence-electron chi connectivity index (χ0n) is 11.7. The number of halogens is 1. The lowest BCUT2D eigenvalue weighted by Gasteiger charge is -2.29. The van der Waals surface area contributed by atoms with Gasteiger partial charge in [-0.15, -0.1) is 23.5 Å². The van der Waals surface area contributed by atoms with E-state index in [4.69, 9.17) is 16.9 Å². The van der Waals surface area contributed by atoms with Crippen LogP contribution in [-0.2, 0) is 17.5 Å². The van der Waals surface area contributed by atoms with Gasteiger partial charge in [0.25, 0.3) is 0 Å². The van der Waals surface area contributed by atoms with Crippen LogP contribution in [0.2, 0.25) is 5.02 Å². The lowest BCUT2D eigenvalue weighted by Crippen LogP contribution is -2.20. The maximum absolute atomic E-state index is 8.94. The summed E-state index contributed by atoms with van der Waals surface area (Å²) in [4.78, 5) is 0. The van der Waals surface area contributed by atoms with Gasteiger partial charge in [-0.3, -0.25) is 0 Å². The maximum Gasteiger partial charge on any atom is 0.126 e. The average molecular weight is 335 g/mol. The second-order valence-electron chi connectivity index (χ2n) is 4.92. The Bertz CT molecular complexity index is 679. The Morgan fingerprint density at radius 1 is 1.19 bits per heavy atom. The summed E-state index contributed by atoms with van der Waals surface area (Å²) in [6.07, 6.45) is 0.447. The van der Waals surface area contributed by atoms with Crippen molar-refractivity contribution in [2.24, 2.45) is 7.05 Å². The van der Waals surface area contributed by atoms with Crippen LogP contribution in [0.25, 0.3) is 0 Å². The van der Waals surface area contributed by atoms with Crippen LogP contribution < -0.4 is 0 Å². The van der Waals surface area contributed by atoms with Crippen LogP contribution in [-0.4, -0.2) is 16.1 Å². The van der Waals surface area contributed by atoms with Crippen LogP contribution in [0.5, 0.6) is 0 Å². The van der Waals surface area contributed by atoms with Gasteiger partial charge in [-0.1, -0.05) is 23.7 Å². The van der Waals surface area contributed by atoms with Crippen LogP contribution in [0.3, 0.4) is 0 Å². The molecule has 0 bridgehead atoms. The van der Waals surface area contributed by atoms with Gasteiger partial charge >= 0.3 is 0 Å². The van der Waals surface area contributed by atoms with E-state index in [-0.39, 0.29) is 4.08 Å². The van der Waals surface area contributed by atoms with Crippen molar-refractivity contribution in [3.05, 3.63) is 58.4 Å². The van der Waals surface area contributed by atoms with E-state index in [9.17, 15) is 0 Å². The number of hydrogen-bond acceptors (Lipinski definition) is 3. The molecule has 0 saturated carbocycles. The molecule has 3 rings (SSSR count).